The topological polar surface area (TPSA) is 58.6 Å². The number of aliphatic hydroxyl groups excluding tert-OH is 1. The minimum absolute atomic E-state index is 0.0454. The van der Waals surface area contributed by atoms with Crippen molar-refractivity contribution in [2.24, 2.45) is 0 Å². The van der Waals surface area contributed by atoms with Crippen molar-refractivity contribution in [3.8, 4) is 5.75 Å². The molecule has 0 aromatic heterocycles. The van der Waals surface area contributed by atoms with E-state index in [4.69, 9.17) is 4.74 Å². The third kappa shape index (κ3) is 4.48. The molecule has 0 spiro atoms. The molecule has 24 heavy (non-hydrogen) atoms. The Bertz CT molecular complexity index is 737. The van der Waals surface area contributed by atoms with Gasteiger partial charge < -0.3 is 15.2 Å². The van der Waals surface area contributed by atoms with Gasteiger partial charge in [0.25, 0.3) is 5.91 Å². The Morgan fingerprint density at radius 2 is 1.96 bits per heavy atom. The minimum Gasteiger partial charge on any atom is -0.491 e. The summed E-state index contributed by atoms with van der Waals surface area (Å²) in [5.74, 6) is -3.31. The highest BCUT2D eigenvalue weighted by Crippen LogP contribution is 2.15. The molecule has 7 heteroatoms. The second-order valence-corrected chi connectivity index (χ2v) is 5.19. The molecule has 0 fully saturated rings. The lowest BCUT2D eigenvalue weighted by molar-refractivity contribution is 0.0840. The van der Waals surface area contributed by atoms with Crippen molar-refractivity contribution in [1.29, 1.82) is 0 Å². The van der Waals surface area contributed by atoms with Crippen molar-refractivity contribution in [1.82, 2.24) is 5.32 Å². The van der Waals surface area contributed by atoms with Gasteiger partial charge in [-0.25, -0.2) is 13.2 Å². The normalized spacial score (nSPS) is 11.9. The molecule has 4 nitrogen and oxygen atoms in total. The lowest BCUT2D eigenvalue weighted by atomic mass is 10.1. The molecule has 2 N–H and O–H groups in total. The Kier molecular flexibility index (Phi) is 5.81. The molecule has 0 radical (unpaired) electrons. The van der Waals surface area contributed by atoms with Crippen LogP contribution in [-0.2, 0) is 0 Å². The zero-order valence-electron chi connectivity index (χ0n) is 12.9. The van der Waals surface area contributed by atoms with Crippen LogP contribution in [0.5, 0.6) is 5.75 Å². The molecule has 0 aliphatic carbocycles. The van der Waals surface area contributed by atoms with E-state index in [0.717, 1.165) is 12.1 Å². The van der Waals surface area contributed by atoms with Crippen molar-refractivity contribution in [3.05, 3.63) is 65.0 Å². The number of carbonyl (C=O) groups is 1. The van der Waals surface area contributed by atoms with Crippen LogP contribution < -0.4 is 10.1 Å². The van der Waals surface area contributed by atoms with E-state index >= 15 is 0 Å². The van der Waals surface area contributed by atoms with Crippen molar-refractivity contribution < 1.29 is 27.8 Å². The average molecular weight is 339 g/mol. The number of rotatable bonds is 6. The van der Waals surface area contributed by atoms with Crippen LogP contribution in [0.3, 0.4) is 0 Å². The number of aryl methyl sites for hydroxylation is 1. The third-order valence-corrected chi connectivity index (χ3v) is 3.27. The predicted molar refractivity (Wildman–Crippen MR) is 81.3 cm³/mol. The molecule has 0 heterocycles. The molecule has 128 valence electrons. The van der Waals surface area contributed by atoms with Crippen molar-refractivity contribution in [2.45, 2.75) is 13.0 Å². The molecule has 0 bridgehead atoms. The molecule has 1 amide bonds. The Morgan fingerprint density at radius 1 is 1.21 bits per heavy atom. The van der Waals surface area contributed by atoms with Gasteiger partial charge in [-0.05, 0) is 30.7 Å². The monoisotopic (exact) mass is 339 g/mol. The van der Waals surface area contributed by atoms with E-state index in [1.807, 2.05) is 0 Å². The largest absolute Gasteiger partial charge is 0.491 e. The van der Waals surface area contributed by atoms with E-state index in [-0.39, 0.29) is 24.5 Å². The van der Waals surface area contributed by atoms with E-state index in [1.54, 1.807) is 6.07 Å². The molecule has 0 saturated carbocycles. The van der Waals surface area contributed by atoms with E-state index in [0.29, 0.717) is 5.56 Å². The Balaban J connectivity index is 1.84. The molecule has 0 aliphatic rings. The quantitative estimate of drug-likeness (QED) is 0.850. The van der Waals surface area contributed by atoms with Gasteiger partial charge >= 0.3 is 0 Å². The molecular formula is C17H16F3NO3. The molecular weight excluding hydrogens is 323 g/mol. The Labute approximate surface area is 136 Å². The van der Waals surface area contributed by atoms with E-state index in [9.17, 15) is 23.1 Å². The highest BCUT2D eigenvalue weighted by Gasteiger charge is 2.15. The molecule has 2 aromatic carbocycles. The van der Waals surface area contributed by atoms with Crippen LogP contribution in [0.25, 0.3) is 0 Å². The zero-order chi connectivity index (χ0) is 17.7. The summed E-state index contributed by atoms with van der Waals surface area (Å²) in [5, 5.41) is 12.1. The van der Waals surface area contributed by atoms with Gasteiger partial charge in [0.1, 0.15) is 24.3 Å². The van der Waals surface area contributed by atoms with Gasteiger partial charge in [-0.1, -0.05) is 12.1 Å². The van der Waals surface area contributed by atoms with E-state index in [1.165, 1.54) is 25.1 Å². The number of amides is 1. The van der Waals surface area contributed by atoms with Gasteiger partial charge in [0.15, 0.2) is 11.6 Å². The standard InChI is InChI=1S/C17H16F3NO3/c1-10-3-2-4-13(16(10)20)17(23)21-8-11(22)9-24-12-5-6-14(18)15(19)7-12/h2-7,11,22H,8-9H2,1H3,(H,21,23). The van der Waals surface area contributed by atoms with Gasteiger partial charge in [0, 0.05) is 12.6 Å². The lowest BCUT2D eigenvalue weighted by Gasteiger charge is -2.14. The maximum atomic E-state index is 13.8. The van der Waals surface area contributed by atoms with Crippen LogP contribution in [0.15, 0.2) is 36.4 Å². The van der Waals surface area contributed by atoms with E-state index < -0.39 is 29.5 Å². The number of ether oxygens (including phenoxy) is 1. The highest BCUT2D eigenvalue weighted by atomic mass is 19.2. The molecule has 2 aromatic rings. The molecule has 1 atom stereocenters. The van der Waals surface area contributed by atoms with Crippen LogP contribution in [0.1, 0.15) is 15.9 Å². The number of hydrogen-bond acceptors (Lipinski definition) is 3. The van der Waals surface area contributed by atoms with Gasteiger partial charge in [-0.3, -0.25) is 4.79 Å². The van der Waals surface area contributed by atoms with Crippen molar-refractivity contribution >= 4 is 5.91 Å². The predicted octanol–water partition coefficient (Wildman–Crippen LogP) is 2.58. The van der Waals surface area contributed by atoms with E-state index in [2.05, 4.69) is 5.32 Å². The van der Waals surface area contributed by atoms with Crippen molar-refractivity contribution in [2.75, 3.05) is 13.2 Å². The summed E-state index contributed by atoms with van der Waals surface area (Å²) in [6, 6.07) is 7.39. The maximum Gasteiger partial charge on any atom is 0.254 e. The summed E-state index contributed by atoms with van der Waals surface area (Å²) in [7, 11) is 0. The van der Waals surface area contributed by atoms with Crippen molar-refractivity contribution in [3.63, 3.8) is 0 Å². The summed E-state index contributed by atoms with van der Waals surface area (Å²) in [6.45, 7) is 1.11. The Morgan fingerprint density at radius 3 is 2.67 bits per heavy atom. The number of carbonyl (C=O) groups excluding carboxylic acids is 1. The van der Waals surface area contributed by atoms with Gasteiger partial charge in [-0.2, -0.15) is 0 Å². The van der Waals surface area contributed by atoms with Gasteiger partial charge in [0.2, 0.25) is 0 Å². The third-order valence-electron chi connectivity index (χ3n) is 3.27. The fourth-order valence-electron chi connectivity index (χ4n) is 1.95. The second kappa shape index (κ2) is 7.83. The lowest BCUT2D eigenvalue weighted by Crippen LogP contribution is -2.35. The summed E-state index contributed by atoms with van der Waals surface area (Å²) >= 11 is 0. The summed E-state index contributed by atoms with van der Waals surface area (Å²) in [4.78, 5) is 11.9. The fourth-order valence-corrected chi connectivity index (χ4v) is 1.95. The maximum absolute atomic E-state index is 13.8. The van der Waals surface area contributed by atoms with Crippen LogP contribution in [0.2, 0.25) is 0 Å². The first kappa shape index (κ1) is 17.8. The first-order chi connectivity index (χ1) is 11.4. The van der Waals surface area contributed by atoms with Crippen LogP contribution in [0, 0.1) is 24.4 Å². The van der Waals surface area contributed by atoms with Crippen LogP contribution in [-0.4, -0.2) is 30.3 Å². The number of nitrogens with one attached hydrogen (secondary N) is 1. The molecule has 0 aliphatic heterocycles. The smallest absolute Gasteiger partial charge is 0.254 e. The highest BCUT2D eigenvalue weighted by molar-refractivity contribution is 5.94. The summed E-state index contributed by atoms with van der Waals surface area (Å²) in [6.07, 6.45) is -1.10. The minimum atomic E-state index is -1.10. The molecule has 1 unspecified atom stereocenters. The SMILES string of the molecule is Cc1cccc(C(=O)NCC(O)COc2ccc(F)c(F)c2)c1F. The van der Waals surface area contributed by atoms with Crippen LogP contribution >= 0.6 is 0 Å². The number of benzene rings is 2. The number of halogens is 3. The zero-order valence-corrected chi connectivity index (χ0v) is 12.9. The van der Waals surface area contributed by atoms with Gasteiger partial charge in [0.05, 0.1) is 5.56 Å². The second-order valence-electron chi connectivity index (χ2n) is 5.19. The average Bonchev–Trinajstić information content (AvgIpc) is 2.56. The first-order valence-corrected chi connectivity index (χ1v) is 7.17. The van der Waals surface area contributed by atoms with Gasteiger partial charge in [-0.15, -0.1) is 0 Å². The Hall–Kier alpha value is -2.54. The fraction of sp³-hybridized carbons (Fsp3) is 0.235. The number of aliphatic hydroxyl groups is 1. The summed E-state index contributed by atoms with van der Waals surface area (Å²) in [5.41, 5.74) is 0.216. The molecule has 0 saturated heterocycles. The first-order valence-electron chi connectivity index (χ1n) is 7.17. The summed E-state index contributed by atoms with van der Waals surface area (Å²) < 4.78 is 44.7. The molecule has 2 rings (SSSR count). The van der Waals surface area contributed by atoms with Crippen LogP contribution in [0.4, 0.5) is 13.2 Å². The number of hydrogen-bond donors (Lipinski definition) is 2.